The lowest BCUT2D eigenvalue weighted by atomic mass is 9.92. The maximum absolute atomic E-state index is 12.2. The maximum atomic E-state index is 12.2. The fourth-order valence-electron chi connectivity index (χ4n) is 3.43. The molecule has 0 bridgehead atoms. The number of aromatic nitrogens is 1. The predicted molar refractivity (Wildman–Crippen MR) is 108 cm³/mol. The molecule has 0 aliphatic heterocycles. The van der Waals surface area contributed by atoms with Gasteiger partial charge in [-0.2, -0.15) is 0 Å². The van der Waals surface area contributed by atoms with E-state index in [1.54, 1.807) is 0 Å². The second-order valence-electron chi connectivity index (χ2n) is 7.34. The van der Waals surface area contributed by atoms with E-state index in [4.69, 9.17) is 0 Å². The highest BCUT2D eigenvalue weighted by atomic mass is 16.1. The standard InChI is InChI=1S/C23H24N2O/c1-14-13-21(19-5-4-6-22-20(19)9-10-24-22)15(2)11-17(14)12-16(3)23(26)25-18-7-8-18/h4-6,9-13,18,24H,7-8H2,1-3H3,(H,25,26)/b16-12+. The lowest BCUT2D eigenvalue weighted by Gasteiger charge is -2.12. The average Bonchev–Trinajstić information content (AvgIpc) is 3.29. The molecular formula is C23H24N2O. The Hall–Kier alpha value is -2.81. The number of fused-ring (bicyclic) bond motifs is 1. The van der Waals surface area contributed by atoms with Crippen LogP contribution < -0.4 is 5.32 Å². The molecule has 0 atom stereocenters. The monoisotopic (exact) mass is 344 g/mol. The summed E-state index contributed by atoms with van der Waals surface area (Å²) in [6.07, 6.45) is 6.20. The van der Waals surface area contributed by atoms with Gasteiger partial charge < -0.3 is 10.3 Å². The van der Waals surface area contributed by atoms with Gasteiger partial charge in [-0.05, 0) is 79.6 Å². The van der Waals surface area contributed by atoms with Gasteiger partial charge in [-0.3, -0.25) is 4.79 Å². The quantitative estimate of drug-likeness (QED) is 0.633. The fraction of sp³-hybridized carbons (Fsp3) is 0.261. The van der Waals surface area contributed by atoms with Crippen molar-refractivity contribution < 1.29 is 4.79 Å². The lowest BCUT2D eigenvalue weighted by Crippen LogP contribution is -2.25. The van der Waals surface area contributed by atoms with Gasteiger partial charge in [0.1, 0.15) is 0 Å². The number of rotatable bonds is 4. The van der Waals surface area contributed by atoms with Crippen molar-refractivity contribution in [1.82, 2.24) is 10.3 Å². The summed E-state index contributed by atoms with van der Waals surface area (Å²) in [5, 5.41) is 4.29. The lowest BCUT2D eigenvalue weighted by molar-refractivity contribution is -0.117. The Kier molecular flexibility index (Phi) is 4.15. The summed E-state index contributed by atoms with van der Waals surface area (Å²) < 4.78 is 0. The van der Waals surface area contributed by atoms with Crippen LogP contribution in [-0.4, -0.2) is 16.9 Å². The minimum Gasteiger partial charge on any atom is -0.361 e. The fourth-order valence-corrected chi connectivity index (χ4v) is 3.43. The van der Waals surface area contributed by atoms with E-state index in [1.807, 2.05) is 19.2 Å². The van der Waals surface area contributed by atoms with Crippen molar-refractivity contribution in [3.05, 3.63) is 64.9 Å². The third-order valence-electron chi connectivity index (χ3n) is 5.14. The Balaban J connectivity index is 1.71. The predicted octanol–water partition coefficient (Wildman–Crippen LogP) is 5.13. The summed E-state index contributed by atoms with van der Waals surface area (Å²) in [7, 11) is 0. The summed E-state index contributed by atoms with van der Waals surface area (Å²) in [6, 6.07) is 13.3. The highest BCUT2D eigenvalue weighted by Gasteiger charge is 2.23. The molecule has 3 nitrogen and oxygen atoms in total. The van der Waals surface area contributed by atoms with Crippen molar-refractivity contribution in [2.24, 2.45) is 0 Å². The summed E-state index contributed by atoms with van der Waals surface area (Å²) in [5.41, 5.74) is 7.89. The molecule has 2 aromatic carbocycles. The molecule has 1 aliphatic carbocycles. The van der Waals surface area contributed by atoms with Crippen molar-refractivity contribution in [2.45, 2.75) is 39.7 Å². The number of carbonyl (C=O) groups is 1. The molecule has 1 amide bonds. The molecule has 2 N–H and O–H groups in total. The van der Waals surface area contributed by atoms with E-state index in [-0.39, 0.29) is 5.91 Å². The number of hydrogen-bond donors (Lipinski definition) is 2. The Morgan fingerprint density at radius 1 is 1.12 bits per heavy atom. The van der Waals surface area contributed by atoms with Gasteiger partial charge in [0.05, 0.1) is 0 Å². The minimum atomic E-state index is 0.0470. The first kappa shape index (κ1) is 16.6. The first-order valence-electron chi connectivity index (χ1n) is 9.20. The van der Waals surface area contributed by atoms with E-state index in [0.29, 0.717) is 6.04 Å². The van der Waals surface area contributed by atoms with Gasteiger partial charge in [-0.1, -0.05) is 24.3 Å². The molecular weight excluding hydrogens is 320 g/mol. The van der Waals surface area contributed by atoms with Crippen LogP contribution in [0.5, 0.6) is 0 Å². The van der Waals surface area contributed by atoms with E-state index in [2.05, 4.69) is 60.5 Å². The molecule has 1 heterocycles. The molecule has 1 fully saturated rings. The molecule has 4 rings (SSSR count). The van der Waals surface area contributed by atoms with Crippen molar-refractivity contribution >= 4 is 22.9 Å². The second kappa shape index (κ2) is 6.49. The summed E-state index contributed by atoms with van der Waals surface area (Å²) in [5.74, 6) is 0.0470. The van der Waals surface area contributed by atoms with Crippen LogP contribution >= 0.6 is 0 Å². The van der Waals surface area contributed by atoms with E-state index >= 15 is 0 Å². The number of aryl methyl sites for hydroxylation is 2. The largest absolute Gasteiger partial charge is 0.361 e. The highest BCUT2D eigenvalue weighted by molar-refractivity contribution is 5.98. The van der Waals surface area contributed by atoms with Crippen LogP contribution in [0.1, 0.15) is 36.5 Å². The van der Waals surface area contributed by atoms with Crippen molar-refractivity contribution in [1.29, 1.82) is 0 Å². The molecule has 0 radical (unpaired) electrons. The molecule has 1 saturated carbocycles. The van der Waals surface area contributed by atoms with Crippen LogP contribution in [0, 0.1) is 13.8 Å². The number of amides is 1. The van der Waals surface area contributed by atoms with Crippen LogP contribution in [0.2, 0.25) is 0 Å². The Bertz CT molecular complexity index is 1020. The number of aromatic amines is 1. The van der Waals surface area contributed by atoms with Gasteiger partial charge in [0.2, 0.25) is 5.91 Å². The van der Waals surface area contributed by atoms with Gasteiger partial charge in [-0.15, -0.1) is 0 Å². The molecule has 1 aromatic heterocycles. The molecule has 26 heavy (non-hydrogen) atoms. The zero-order chi connectivity index (χ0) is 18.3. The number of carbonyl (C=O) groups excluding carboxylic acids is 1. The molecule has 0 saturated heterocycles. The summed E-state index contributed by atoms with van der Waals surface area (Å²) in [6.45, 7) is 6.14. The minimum absolute atomic E-state index is 0.0470. The Morgan fingerprint density at radius 2 is 1.92 bits per heavy atom. The van der Waals surface area contributed by atoms with Gasteiger partial charge in [-0.25, -0.2) is 0 Å². The topological polar surface area (TPSA) is 44.9 Å². The summed E-state index contributed by atoms with van der Waals surface area (Å²) >= 11 is 0. The molecule has 3 heteroatoms. The smallest absolute Gasteiger partial charge is 0.247 e. The molecule has 0 spiro atoms. The first-order chi connectivity index (χ1) is 12.5. The first-order valence-corrected chi connectivity index (χ1v) is 9.20. The summed E-state index contributed by atoms with van der Waals surface area (Å²) in [4.78, 5) is 15.5. The van der Waals surface area contributed by atoms with E-state index < -0.39 is 0 Å². The second-order valence-corrected chi connectivity index (χ2v) is 7.34. The van der Waals surface area contributed by atoms with Gasteiger partial charge in [0, 0.05) is 28.7 Å². The Morgan fingerprint density at radius 3 is 2.69 bits per heavy atom. The van der Waals surface area contributed by atoms with Crippen LogP contribution in [-0.2, 0) is 4.79 Å². The van der Waals surface area contributed by atoms with Crippen molar-refractivity contribution in [3.8, 4) is 11.1 Å². The number of benzene rings is 2. The number of hydrogen-bond acceptors (Lipinski definition) is 1. The zero-order valence-corrected chi connectivity index (χ0v) is 15.5. The van der Waals surface area contributed by atoms with Crippen LogP contribution in [0.15, 0.2) is 48.2 Å². The molecule has 132 valence electrons. The van der Waals surface area contributed by atoms with Crippen LogP contribution in [0.3, 0.4) is 0 Å². The third-order valence-corrected chi connectivity index (χ3v) is 5.14. The highest BCUT2D eigenvalue weighted by Crippen LogP contribution is 2.32. The molecule has 0 unspecified atom stereocenters. The van der Waals surface area contributed by atoms with Gasteiger partial charge >= 0.3 is 0 Å². The number of H-pyrrole nitrogens is 1. The van der Waals surface area contributed by atoms with Crippen molar-refractivity contribution in [3.63, 3.8) is 0 Å². The third kappa shape index (κ3) is 3.17. The number of nitrogens with one attached hydrogen (secondary N) is 2. The van der Waals surface area contributed by atoms with E-state index in [0.717, 1.165) is 29.5 Å². The average molecular weight is 344 g/mol. The molecule has 1 aliphatic rings. The van der Waals surface area contributed by atoms with E-state index in [9.17, 15) is 4.79 Å². The SMILES string of the molecule is C/C(=C\c1cc(C)c(-c2cccc3[nH]ccc23)cc1C)C(=O)NC1CC1. The molecule has 3 aromatic rings. The van der Waals surface area contributed by atoms with Gasteiger partial charge in [0.25, 0.3) is 0 Å². The Labute approximate surface area is 154 Å². The van der Waals surface area contributed by atoms with Crippen molar-refractivity contribution in [2.75, 3.05) is 0 Å². The van der Waals surface area contributed by atoms with Crippen LogP contribution in [0.4, 0.5) is 0 Å². The normalized spacial score (nSPS) is 14.7. The maximum Gasteiger partial charge on any atom is 0.247 e. The van der Waals surface area contributed by atoms with Gasteiger partial charge in [0.15, 0.2) is 0 Å². The van der Waals surface area contributed by atoms with Crippen LogP contribution in [0.25, 0.3) is 28.1 Å². The van der Waals surface area contributed by atoms with E-state index in [1.165, 1.54) is 27.6 Å². The zero-order valence-electron chi connectivity index (χ0n) is 15.5.